The molecule has 0 spiro atoms. The summed E-state index contributed by atoms with van der Waals surface area (Å²) in [4.78, 5) is 2.64. The van der Waals surface area contributed by atoms with Crippen LogP contribution in [0, 0.1) is 5.92 Å². The summed E-state index contributed by atoms with van der Waals surface area (Å²) in [7, 11) is 2.33. The standard InChI is InChI=1S/C12H24N2/c1-10-3-5-11(6-4-10)14(2)12-7-8-13-9-12/h10-13H,3-9H2,1-2H3. The fraction of sp³-hybridized carbons (Fsp3) is 1.00. The molecule has 0 aromatic carbocycles. The highest BCUT2D eigenvalue weighted by molar-refractivity contribution is 4.85. The van der Waals surface area contributed by atoms with Crippen LogP contribution < -0.4 is 5.32 Å². The van der Waals surface area contributed by atoms with Gasteiger partial charge in [0.15, 0.2) is 0 Å². The molecule has 0 aromatic heterocycles. The first-order valence-corrected chi connectivity index (χ1v) is 6.20. The molecular formula is C12H24N2. The molecule has 1 heterocycles. The highest BCUT2D eigenvalue weighted by Gasteiger charge is 2.27. The molecule has 0 aromatic rings. The molecule has 2 heteroatoms. The van der Waals surface area contributed by atoms with Gasteiger partial charge < -0.3 is 5.32 Å². The molecule has 1 atom stereocenters. The molecule has 0 radical (unpaired) electrons. The van der Waals surface area contributed by atoms with E-state index in [1.54, 1.807) is 0 Å². The van der Waals surface area contributed by atoms with Gasteiger partial charge in [-0.2, -0.15) is 0 Å². The lowest BCUT2D eigenvalue weighted by atomic mass is 9.86. The van der Waals surface area contributed by atoms with Gasteiger partial charge in [0.1, 0.15) is 0 Å². The second-order valence-electron chi connectivity index (χ2n) is 5.23. The van der Waals surface area contributed by atoms with Crippen molar-refractivity contribution in [3.8, 4) is 0 Å². The average molecular weight is 196 g/mol. The molecule has 1 saturated heterocycles. The summed E-state index contributed by atoms with van der Waals surface area (Å²) in [6, 6.07) is 1.68. The van der Waals surface area contributed by atoms with Gasteiger partial charge in [-0.15, -0.1) is 0 Å². The van der Waals surface area contributed by atoms with E-state index in [2.05, 4.69) is 24.2 Å². The fourth-order valence-electron chi connectivity index (χ4n) is 2.93. The van der Waals surface area contributed by atoms with Crippen LogP contribution in [0.3, 0.4) is 0 Å². The van der Waals surface area contributed by atoms with Crippen molar-refractivity contribution in [2.24, 2.45) is 5.92 Å². The maximum Gasteiger partial charge on any atom is 0.0232 e. The number of nitrogens with zero attached hydrogens (tertiary/aromatic N) is 1. The number of rotatable bonds is 2. The van der Waals surface area contributed by atoms with Gasteiger partial charge in [0, 0.05) is 18.6 Å². The molecular weight excluding hydrogens is 172 g/mol. The van der Waals surface area contributed by atoms with Gasteiger partial charge in [0.25, 0.3) is 0 Å². The van der Waals surface area contributed by atoms with Crippen molar-refractivity contribution in [1.29, 1.82) is 0 Å². The Labute approximate surface area is 88.1 Å². The number of likely N-dealkylation sites (N-methyl/N-ethyl adjacent to an activating group) is 1. The monoisotopic (exact) mass is 196 g/mol. The highest BCUT2D eigenvalue weighted by Crippen LogP contribution is 2.28. The Hall–Kier alpha value is -0.0800. The van der Waals surface area contributed by atoms with Crippen LogP contribution >= 0.6 is 0 Å². The zero-order valence-electron chi connectivity index (χ0n) is 9.63. The van der Waals surface area contributed by atoms with E-state index < -0.39 is 0 Å². The third-order valence-electron chi connectivity index (χ3n) is 4.17. The van der Waals surface area contributed by atoms with Gasteiger partial charge in [-0.3, -0.25) is 4.90 Å². The molecule has 82 valence electrons. The Kier molecular flexibility index (Phi) is 3.45. The van der Waals surface area contributed by atoms with E-state index >= 15 is 0 Å². The first-order valence-electron chi connectivity index (χ1n) is 6.20. The minimum Gasteiger partial charge on any atom is -0.315 e. The Morgan fingerprint density at radius 1 is 1.00 bits per heavy atom. The van der Waals surface area contributed by atoms with Crippen molar-refractivity contribution in [2.45, 2.75) is 51.1 Å². The number of hydrogen-bond donors (Lipinski definition) is 1. The predicted octanol–water partition coefficient (Wildman–Crippen LogP) is 1.86. The second kappa shape index (κ2) is 4.63. The van der Waals surface area contributed by atoms with E-state index in [4.69, 9.17) is 0 Å². The second-order valence-corrected chi connectivity index (χ2v) is 5.23. The number of nitrogens with one attached hydrogen (secondary N) is 1. The van der Waals surface area contributed by atoms with Crippen LogP contribution in [0.1, 0.15) is 39.0 Å². The predicted molar refractivity (Wildman–Crippen MR) is 60.5 cm³/mol. The summed E-state index contributed by atoms with van der Waals surface area (Å²) in [6.07, 6.45) is 7.08. The van der Waals surface area contributed by atoms with Crippen LogP contribution in [0.2, 0.25) is 0 Å². The molecule has 0 amide bonds. The third-order valence-corrected chi connectivity index (χ3v) is 4.17. The molecule has 1 N–H and O–H groups in total. The molecule has 1 saturated carbocycles. The molecule has 2 aliphatic rings. The lowest BCUT2D eigenvalue weighted by Gasteiger charge is -2.36. The SMILES string of the molecule is CC1CCC(N(C)C2CCNC2)CC1. The van der Waals surface area contributed by atoms with Crippen LogP contribution in [0.15, 0.2) is 0 Å². The van der Waals surface area contributed by atoms with E-state index in [0.717, 1.165) is 18.0 Å². The first-order chi connectivity index (χ1) is 6.77. The quantitative estimate of drug-likeness (QED) is 0.725. The molecule has 1 aliphatic heterocycles. The van der Waals surface area contributed by atoms with Crippen molar-refractivity contribution in [3.63, 3.8) is 0 Å². The largest absolute Gasteiger partial charge is 0.315 e. The Balaban J connectivity index is 1.82. The molecule has 1 aliphatic carbocycles. The Morgan fingerprint density at radius 2 is 1.71 bits per heavy atom. The zero-order chi connectivity index (χ0) is 9.97. The summed E-state index contributed by atoms with van der Waals surface area (Å²) < 4.78 is 0. The zero-order valence-corrected chi connectivity index (χ0v) is 9.63. The lowest BCUT2D eigenvalue weighted by molar-refractivity contribution is 0.131. The molecule has 2 rings (SSSR count). The van der Waals surface area contributed by atoms with Crippen LogP contribution in [-0.2, 0) is 0 Å². The summed E-state index contributed by atoms with van der Waals surface area (Å²) in [6.45, 7) is 4.83. The van der Waals surface area contributed by atoms with Crippen LogP contribution in [0.5, 0.6) is 0 Å². The third kappa shape index (κ3) is 2.29. The van der Waals surface area contributed by atoms with E-state index in [-0.39, 0.29) is 0 Å². The smallest absolute Gasteiger partial charge is 0.0232 e. The normalized spacial score (nSPS) is 39.2. The van der Waals surface area contributed by atoms with Gasteiger partial charge in [-0.1, -0.05) is 6.92 Å². The minimum atomic E-state index is 0.813. The van der Waals surface area contributed by atoms with Gasteiger partial charge in [-0.25, -0.2) is 0 Å². The Bertz CT molecular complexity index is 167. The highest BCUT2D eigenvalue weighted by atomic mass is 15.2. The summed E-state index contributed by atoms with van der Waals surface area (Å²) in [5, 5.41) is 3.46. The van der Waals surface area contributed by atoms with E-state index in [0.29, 0.717) is 0 Å². The topological polar surface area (TPSA) is 15.3 Å². The Morgan fingerprint density at radius 3 is 2.29 bits per heavy atom. The van der Waals surface area contributed by atoms with Crippen molar-refractivity contribution in [1.82, 2.24) is 10.2 Å². The first kappa shape index (κ1) is 10.4. The molecule has 2 nitrogen and oxygen atoms in total. The van der Waals surface area contributed by atoms with Crippen molar-refractivity contribution in [2.75, 3.05) is 20.1 Å². The maximum atomic E-state index is 3.46. The number of hydrogen-bond acceptors (Lipinski definition) is 2. The van der Waals surface area contributed by atoms with Gasteiger partial charge in [-0.05, 0) is 51.6 Å². The molecule has 2 fully saturated rings. The van der Waals surface area contributed by atoms with Crippen molar-refractivity contribution >= 4 is 0 Å². The van der Waals surface area contributed by atoms with Crippen LogP contribution in [0.4, 0.5) is 0 Å². The van der Waals surface area contributed by atoms with Crippen LogP contribution in [0.25, 0.3) is 0 Å². The fourth-order valence-corrected chi connectivity index (χ4v) is 2.93. The molecule has 0 bridgehead atoms. The lowest BCUT2D eigenvalue weighted by Crippen LogP contribution is -2.43. The summed E-state index contributed by atoms with van der Waals surface area (Å²) in [5.41, 5.74) is 0. The summed E-state index contributed by atoms with van der Waals surface area (Å²) >= 11 is 0. The van der Waals surface area contributed by atoms with Gasteiger partial charge >= 0.3 is 0 Å². The van der Waals surface area contributed by atoms with Gasteiger partial charge in [0.2, 0.25) is 0 Å². The van der Waals surface area contributed by atoms with E-state index in [9.17, 15) is 0 Å². The minimum absolute atomic E-state index is 0.813. The average Bonchev–Trinajstić information content (AvgIpc) is 2.71. The van der Waals surface area contributed by atoms with E-state index in [1.807, 2.05) is 0 Å². The summed E-state index contributed by atoms with van der Waals surface area (Å²) in [5.74, 6) is 0.973. The van der Waals surface area contributed by atoms with Crippen LogP contribution in [-0.4, -0.2) is 37.1 Å². The van der Waals surface area contributed by atoms with E-state index in [1.165, 1.54) is 45.2 Å². The van der Waals surface area contributed by atoms with Crippen molar-refractivity contribution in [3.05, 3.63) is 0 Å². The maximum absolute atomic E-state index is 3.46. The van der Waals surface area contributed by atoms with Crippen molar-refractivity contribution < 1.29 is 0 Å². The molecule has 1 unspecified atom stereocenters. The van der Waals surface area contributed by atoms with Gasteiger partial charge in [0.05, 0.1) is 0 Å². The molecule has 14 heavy (non-hydrogen) atoms.